The number of guanidine groups is 1. The first-order chi connectivity index (χ1) is 8.93. The summed E-state index contributed by atoms with van der Waals surface area (Å²) in [6.07, 6.45) is 0. The Morgan fingerprint density at radius 3 is 2.40 bits per heavy atom. The van der Waals surface area contributed by atoms with E-state index in [9.17, 15) is 4.79 Å². The van der Waals surface area contributed by atoms with Crippen molar-refractivity contribution >= 4 is 47.2 Å². The highest BCUT2D eigenvalue weighted by Gasteiger charge is 2.10. The predicted molar refractivity (Wildman–Crippen MR) is 94.3 cm³/mol. The summed E-state index contributed by atoms with van der Waals surface area (Å²) >= 11 is 1.36. The van der Waals surface area contributed by atoms with Crippen LogP contribution < -0.4 is 5.32 Å². The van der Waals surface area contributed by atoms with Crippen LogP contribution in [0.25, 0.3) is 0 Å². The Morgan fingerprint density at radius 2 is 1.95 bits per heavy atom. The van der Waals surface area contributed by atoms with Crippen molar-refractivity contribution < 1.29 is 4.79 Å². The van der Waals surface area contributed by atoms with Crippen LogP contribution in [-0.2, 0) is 0 Å². The molecular formula is C12H22IN5OS. The Hall–Kier alpha value is -0.900. The van der Waals surface area contributed by atoms with E-state index in [0.29, 0.717) is 18.0 Å². The third-order valence-electron chi connectivity index (χ3n) is 2.40. The van der Waals surface area contributed by atoms with E-state index in [-0.39, 0.29) is 29.9 Å². The van der Waals surface area contributed by atoms with Crippen LogP contribution in [-0.4, -0.2) is 67.9 Å². The lowest BCUT2D eigenvalue weighted by atomic mass is 10.4. The summed E-state index contributed by atoms with van der Waals surface area (Å²) in [5.41, 5.74) is 2.45. The van der Waals surface area contributed by atoms with E-state index < -0.39 is 0 Å². The summed E-state index contributed by atoms with van der Waals surface area (Å²) in [5, 5.41) is 2.85. The van der Waals surface area contributed by atoms with Gasteiger partial charge in [-0.3, -0.25) is 9.79 Å². The number of carbonyl (C=O) groups is 1. The van der Waals surface area contributed by atoms with E-state index in [4.69, 9.17) is 0 Å². The van der Waals surface area contributed by atoms with E-state index >= 15 is 0 Å². The number of hydrogen-bond donors (Lipinski definition) is 1. The van der Waals surface area contributed by atoms with Crippen LogP contribution in [0.2, 0.25) is 0 Å². The third-order valence-corrected chi connectivity index (χ3v) is 3.33. The molecule has 20 heavy (non-hydrogen) atoms. The highest BCUT2D eigenvalue weighted by atomic mass is 127. The number of amides is 1. The van der Waals surface area contributed by atoms with Crippen LogP contribution in [0.4, 0.5) is 0 Å². The number of hydrogen-bond acceptors (Lipinski definition) is 4. The average molecular weight is 411 g/mol. The molecular weight excluding hydrogens is 389 g/mol. The lowest BCUT2D eigenvalue weighted by molar-refractivity contribution is 0.0958. The van der Waals surface area contributed by atoms with Gasteiger partial charge in [0.25, 0.3) is 5.91 Å². The Labute approximate surface area is 141 Å². The number of nitrogens with one attached hydrogen (secondary N) is 1. The van der Waals surface area contributed by atoms with Crippen LogP contribution in [0.3, 0.4) is 0 Å². The van der Waals surface area contributed by atoms with Crippen molar-refractivity contribution in [2.45, 2.75) is 6.92 Å². The highest BCUT2D eigenvalue weighted by Crippen LogP contribution is 2.11. The van der Waals surface area contributed by atoms with Crippen LogP contribution in [0.5, 0.6) is 0 Å². The fourth-order valence-corrected chi connectivity index (χ4v) is 2.33. The van der Waals surface area contributed by atoms with Gasteiger partial charge in [0.05, 0.1) is 17.7 Å². The average Bonchev–Trinajstić information content (AvgIpc) is 2.73. The smallest absolute Gasteiger partial charge is 0.263 e. The summed E-state index contributed by atoms with van der Waals surface area (Å²) < 4.78 is 0. The van der Waals surface area contributed by atoms with E-state index in [2.05, 4.69) is 15.3 Å². The standard InChI is InChI=1S/C12H21N5OS.HI/c1-9-10(19-8-15-9)11(18)13-6-7-14-12(16(2)3)17(4)5;/h8H,6-7H2,1-5H3,(H,13,18);1H. The van der Waals surface area contributed by atoms with Crippen molar-refractivity contribution in [3.8, 4) is 0 Å². The molecule has 0 aliphatic rings. The quantitative estimate of drug-likeness (QED) is 0.351. The molecule has 0 atom stereocenters. The first-order valence-electron chi connectivity index (χ1n) is 6.01. The lowest BCUT2D eigenvalue weighted by Crippen LogP contribution is -2.36. The molecule has 0 aliphatic carbocycles. The molecule has 0 spiro atoms. The van der Waals surface area contributed by atoms with Crippen molar-refractivity contribution in [3.63, 3.8) is 0 Å². The molecule has 0 aliphatic heterocycles. The zero-order valence-corrected chi connectivity index (χ0v) is 15.7. The number of rotatable bonds is 4. The Kier molecular flexibility index (Phi) is 8.70. The number of aliphatic imine (C=N–C) groups is 1. The Balaban J connectivity index is 0.00000361. The summed E-state index contributed by atoms with van der Waals surface area (Å²) in [6.45, 7) is 2.90. The molecule has 114 valence electrons. The third kappa shape index (κ3) is 5.61. The van der Waals surface area contributed by atoms with Gasteiger partial charge in [-0.1, -0.05) is 0 Å². The van der Waals surface area contributed by atoms with Gasteiger partial charge >= 0.3 is 0 Å². The predicted octanol–water partition coefficient (Wildman–Crippen LogP) is 1.28. The lowest BCUT2D eigenvalue weighted by Gasteiger charge is -2.22. The number of carbonyl (C=O) groups excluding carboxylic acids is 1. The summed E-state index contributed by atoms with van der Waals surface area (Å²) in [4.78, 5) is 24.9. The fourth-order valence-electron chi connectivity index (χ4n) is 1.61. The summed E-state index contributed by atoms with van der Waals surface area (Å²) in [5.74, 6) is 0.801. The van der Waals surface area contributed by atoms with Gasteiger partial charge in [-0.15, -0.1) is 35.3 Å². The van der Waals surface area contributed by atoms with Crippen LogP contribution in [0.1, 0.15) is 15.4 Å². The summed E-state index contributed by atoms with van der Waals surface area (Å²) in [6, 6.07) is 0. The normalized spacial score (nSPS) is 9.45. The van der Waals surface area contributed by atoms with Crippen molar-refractivity contribution in [2.75, 3.05) is 41.3 Å². The van der Waals surface area contributed by atoms with Gasteiger partial charge in [0.1, 0.15) is 4.88 Å². The molecule has 6 nitrogen and oxygen atoms in total. The monoisotopic (exact) mass is 411 g/mol. The second-order valence-corrected chi connectivity index (χ2v) is 5.35. The highest BCUT2D eigenvalue weighted by molar-refractivity contribution is 14.0. The van der Waals surface area contributed by atoms with Crippen molar-refractivity contribution in [3.05, 3.63) is 16.1 Å². The first-order valence-corrected chi connectivity index (χ1v) is 6.88. The van der Waals surface area contributed by atoms with Crippen molar-refractivity contribution in [1.29, 1.82) is 0 Å². The van der Waals surface area contributed by atoms with E-state index in [1.54, 1.807) is 5.51 Å². The Morgan fingerprint density at radius 1 is 1.35 bits per heavy atom. The zero-order valence-electron chi connectivity index (χ0n) is 12.5. The van der Waals surface area contributed by atoms with Gasteiger partial charge < -0.3 is 15.1 Å². The molecule has 1 rings (SSSR count). The fraction of sp³-hybridized carbons (Fsp3) is 0.583. The van der Waals surface area contributed by atoms with Gasteiger partial charge in [-0.2, -0.15) is 0 Å². The molecule has 0 saturated carbocycles. The van der Waals surface area contributed by atoms with Crippen LogP contribution in [0, 0.1) is 6.92 Å². The molecule has 1 amide bonds. The Bertz CT molecular complexity index is 448. The van der Waals surface area contributed by atoms with E-state index in [0.717, 1.165) is 11.7 Å². The second-order valence-electron chi connectivity index (χ2n) is 4.49. The van der Waals surface area contributed by atoms with E-state index in [1.165, 1.54) is 11.3 Å². The molecule has 0 aromatic carbocycles. The van der Waals surface area contributed by atoms with Crippen LogP contribution >= 0.6 is 35.3 Å². The maximum absolute atomic E-state index is 11.8. The minimum atomic E-state index is -0.0774. The SMILES string of the molecule is Cc1ncsc1C(=O)NCCN=C(N(C)C)N(C)C.I. The minimum Gasteiger partial charge on any atom is -0.349 e. The van der Waals surface area contributed by atoms with Gasteiger partial charge in [-0.05, 0) is 6.92 Å². The van der Waals surface area contributed by atoms with Crippen LogP contribution in [0.15, 0.2) is 10.5 Å². The maximum Gasteiger partial charge on any atom is 0.263 e. The molecule has 0 fully saturated rings. The van der Waals surface area contributed by atoms with E-state index in [1.807, 2.05) is 44.9 Å². The van der Waals surface area contributed by atoms with Gasteiger partial charge in [0.15, 0.2) is 5.96 Å². The topological polar surface area (TPSA) is 60.8 Å². The molecule has 1 aromatic rings. The molecule has 0 bridgehead atoms. The molecule has 1 N–H and O–H groups in total. The molecule has 1 heterocycles. The summed E-state index contributed by atoms with van der Waals surface area (Å²) in [7, 11) is 7.77. The second kappa shape index (κ2) is 9.11. The minimum absolute atomic E-state index is 0. The molecule has 8 heteroatoms. The largest absolute Gasteiger partial charge is 0.349 e. The molecule has 0 radical (unpaired) electrons. The maximum atomic E-state index is 11.8. The van der Waals surface area contributed by atoms with Gasteiger partial charge in [0.2, 0.25) is 0 Å². The van der Waals surface area contributed by atoms with Crippen molar-refractivity contribution in [2.24, 2.45) is 4.99 Å². The number of halogens is 1. The number of nitrogens with zero attached hydrogens (tertiary/aromatic N) is 4. The number of aryl methyl sites for hydroxylation is 1. The zero-order chi connectivity index (χ0) is 14.4. The van der Waals surface area contributed by atoms with Gasteiger partial charge in [0, 0.05) is 34.7 Å². The number of aromatic nitrogens is 1. The van der Waals surface area contributed by atoms with Gasteiger partial charge in [-0.25, -0.2) is 4.98 Å². The first kappa shape index (κ1) is 19.1. The molecule has 1 aromatic heterocycles. The number of thiazole rings is 1. The molecule has 0 unspecified atom stereocenters. The molecule has 0 saturated heterocycles. The van der Waals surface area contributed by atoms with Crippen molar-refractivity contribution in [1.82, 2.24) is 20.1 Å².